The third-order valence-corrected chi connectivity index (χ3v) is 2.37. The van der Waals surface area contributed by atoms with Crippen molar-refractivity contribution in [3.8, 4) is 0 Å². The first-order valence-electron chi connectivity index (χ1n) is 4.79. The molecule has 1 fully saturated rings. The van der Waals surface area contributed by atoms with Crippen molar-refractivity contribution in [1.29, 1.82) is 0 Å². The quantitative estimate of drug-likeness (QED) is 0.671. The number of carboxylic acids is 1. The summed E-state index contributed by atoms with van der Waals surface area (Å²) in [4.78, 5) is 12.8. The van der Waals surface area contributed by atoms with Crippen LogP contribution < -0.4 is 0 Å². The third-order valence-electron chi connectivity index (χ3n) is 2.37. The Labute approximate surface area is 83.6 Å². The van der Waals surface area contributed by atoms with E-state index in [2.05, 4.69) is 4.90 Å². The summed E-state index contributed by atoms with van der Waals surface area (Å²) in [6.07, 6.45) is -0.149. The van der Waals surface area contributed by atoms with Crippen LogP contribution in [0.2, 0.25) is 0 Å². The van der Waals surface area contributed by atoms with Crippen LogP contribution in [0.4, 0.5) is 0 Å². The van der Waals surface area contributed by atoms with Crippen molar-refractivity contribution < 1.29 is 19.4 Å². The monoisotopic (exact) mass is 203 g/mol. The lowest BCUT2D eigenvalue weighted by Crippen LogP contribution is -2.39. The highest BCUT2D eigenvalue weighted by Gasteiger charge is 2.18. The number of hydrogen-bond donors (Lipinski definition) is 1. The number of hydrogen-bond acceptors (Lipinski definition) is 4. The van der Waals surface area contributed by atoms with Gasteiger partial charge in [0.25, 0.3) is 0 Å². The van der Waals surface area contributed by atoms with Crippen molar-refractivity contribution in [3.05, 3.63) is 0 Å². The Bertz CT molecular complexity index is 180. The second-order valence-electron chi connectivity index (χ2n) is 3.31. The summed E-state index contributed by atoms with van der Waals surface area (Å²) >= 11 is 0. The van der Waals surface area contributed by atoms with Crippen molar-refractivity contribution in [2.45, 2.75) is 12.5 Å². The predicted molar refractivity (Wildman–Crippen MR) is 50.3 cm³/mol. The van der Waals surface area contributed by atoms with E-state index in [1.165, 1.54) is 7.11 Å². The van der Waals surface area contributed by atoms with Gasteiger partial charge in [0, 0.05) is 26.7 Å². The molecule has 1 N–H and O–H groups in total. The molecule has 1 rings (SSSR count). The smallest absolute Gasteiger partial charge is 0.332 e. The second-order valence-corrected chi connectivity index (χ2v) is 3.31. The molecule has 0 spiro atoms. The van der Waals surface area contributed by atoms with Crippen molar-refractivity contribution in [2.24, 2.45) is 0 Å². The fourth-order valence-electron chi connectivity index (χ4n) is 1.47. The molecule has 0 aromatic heterocycles. The van der Waals surface area contributed by atoms with Crippen LogP contribution in [-0.4, -0.2) is 62.0 Å². The standard InChI is InChI=1S/C9H17NO4/c1-13-8(9(11)12)2-3-10-4-6-14-7-5-10/h8H,2-7H2,1H3,(H,11,12). The maximum absolute atomic E-state index is 10.6. The summed E-state index contributed by atoms with van der Waals surface area (Å²) in [6, 6.07) is 0. The first-order valence-corrected chi connectivity index (χ1v) is 4.79. The molecular weight excluding hydrogens is 186 g/mol. The minimum atomic E-state index is -0.888. The molecule has 1 atom stereocenters. The van der Waals surface area contributed by atoms with Gasteiger partial charge in [-0.2, -0.15) is 0 Å². The Morgan fingerprint density at radius 2 is 2.21 bits per heavy atom. The second kappa shape index (κ2) is 5.95. The Hall–Kier alpha value is -0.650. The molecule has 1 saturated heterocycles. The molecule has 0 aromatic carbocycles. The van der Waals surface area contributed by atoms with E-state index < -0.39 is 12.1 Å². The summed E-state index contributed by atoms with van der Waals surface area (Å²) in [5, 5.41) is 8.73. The summed E-state index contributed by atoms with van der Waals surface area (Å²) in [5.41, 5.74) is 0. The van der Waals surface area contributed by atoms with Gasteiger partial charge < -0.3 is 14.6 Å². The van der Waals surface area contributed by atoms with E-state index in [0.29, 0.717) is 6.42 Å². The number of carboxylic acid groups (broad SMARTS) is 1. The molecule has 5 nitrogen and oxygen atoms in total. The van der Waals surface area contributed by atoms with Gasteiger partial charge in [-0.3, -0.25) is 4.90 Å². The summed E-state index contributed by atoms with van der Waals surface area (Å²) in [7, 11) is 1.43. The highest BCUT2D eigenvalue weighted by molar-refractivity contribution is 5.72. The topological polar surface area (TPSA) is 59.0 Å². The summed E-state index contributed by atoms with van der Waals surface area (Å²) < 4.78 is 10.0. The van der Waals surface area contributed by atoms with Crippen molar-refractivity contribution in [1.82, 2.24) is 4.90 Å². The molecule has 82 valence electrons. The van der Waals surface area contributed by atoms with Crippen LogP contribution in [0.3, 0.4) is 0 Å². The van der Waals surface area contributed by atoms with Crippen LogP contribution in [0, 0.1) is 0 Å². The van der Waals surface area contributed by atoms with Gasteiger partial charge in [0.1, 0.15) is 0 Å². The van der Waals surface area contributed by atoms with Crippen molar-refractivity contribution in [2.75, 3.05) is 40.0 Å². The lowest BCUT2D eigenvalue weighted by molar-refractivity contribution is -0.149. The minimum Gasteiger partial charge on any atom is -0.479 e. The van der Waals surface area contributed by atoms with Gasteiger partial charge in [0.15, 0.2) is 6.10 Å². The van der Waals surface area contributed by atoms with E-state index in [-0.39, 0.29) is 0 Å². The minimum absolute atomic E-state index is 0.534. The van der Waals surface area contributed by atoms with Gasteiger partial charge >= 0.3 is 5.97 Å². The molecule has 14 heavy (non-hydrogen) atoms. The Morgan fingerprint density at radius 1 is 1.57 bits per heavy atom. The van der Waals surface area contributed by atoms with E-state index >= 15 is 0 Å². The summed E-state index contributed by atoms with van der Waals surface area (Å²) in [6.45, 7) is 4.01. The molecular formula is C9H17NO4. The summed E-state index contributed by atoms with van der Waals surface area (Å²) in [5.74, 6) is -0.888. The zero-order valence-corrected chi connectivity index (χ0v) is 8.44. The molecule has 0 saturated carbocycles. The van der Waals surface area contributed by atoms with E-state index in [1.54, 1.807) is 0 Å². The number of methoxy groups -OCH3 is 1. The molecule has 0 aliphatic carbocycles. The lowest BCUT2D eigenvalue weighted by atomic mass is 10.2. The van der Waals surface area contributed by atoms with Crippen LogP contribution in [0.25, 0.3) is 0 Å². The molecule has 1 heterocycles. The number of ether oxygens (including phenoxy) is 2. The normalized spacial score (nSPS) is 20.6. The lowest BCUT2D eigenvalue weighted by Gasteiger charge is -2.27. The molecule has 1 aliphatic heterocycles. The molecule has 1 aliphatic rings. The van der Waals surface area contributed by atoms with Crippen molar-refractivity contribution in [3.63, 3.8) is 0 Å². The zero-order chi connectivity index (χ0) is 10.4. The Balaban J connectivity index is 2.20. The zero-order valence-electron chi connectivity index (χ0n) is 8.44. The van der Waals surface area contributed by atoms with Gasteiger partial charge in [-0.25, -0.2) is 4.79 Å². The largest absolute Gasteiger partial charge is 0.479 e. The maximum Gasteiger partial charge on any atom is 0.332 e. The fraction of sp³-hybridized carbons (Fsp3) is 0.889. The van der Waals surface area contributed by atoms with Crippen LogP contribution in [-0.2, 0) is 14.3 Å². The average molecular weight is 203 g/mol. The van der Waals surface area contributed by atoms with Gasteiger partial charge in [0.2, 0.25) is 0 Å². The highest BCUT2D eigenvalue weighted by atomic mass is 16.5. The fourth-order valence-corrected chi connectivity index (χ4v) is 1.47. The van der Waals surface area contributed by atoms with Crippen LogP contribution in [0.1, 0.15) is 6.42 Å². The highest BCUT2D eigenvalue weighted by Crippen LogP contribution is 2.03. The number of aliphatic carboxylic acids is 1. The van der Waals surface area contributed by atoms with Crippen LogP contribution in [0.15, 0.2) is 0 Å². The first kappa shape index (κ1) is 11.4. The molecule has 5 heteroatoms. The van der Waals surface area contributed by atoms with Crippen molar-refractivity contribution >= 4 is 5.97 Å². The van der Waals surface area contributed by atoms with Gasteiger partial charge in [-0.15, -0.1) is 0 Å². The average Bonchev–Trinajstić information content (AvgIpc) is 2.20. The van der Waals surface area contributed by atoms with E-state index in [9.17, 15) is 4.79 Å². The molecule has 0 radical (unpaired) electrons. The van der Waals surface area contributed by atoms with E-state index in [0.717, 1.165) is 32.8 Å². The number of rotatable bonds is 5. The predicted octanol–water partition coefficient (Wildman–Crippen LogP) is -0.192. The SMILES string of the molecule is COC(CCN1CCOCC1)C(=O)O. The van der Waals surface area contributed by atoms with Gasteiger partial charge in [-0.1, -0.05) is 0 Å². The Kier molecular flexibility index (Phi) is 4.86. The molecule has 0 aromatic rings. The van der Waals surface area contributed by atoms with E-state index in [4.69, 9.17) is 14.6 Å². The van der Waals surface area contributed by atoms with Gasteiger partial charge in [0.05, 0.1) is 13.2 Å². The number of morpholine rings is 1. The third kappa shape index (κ3) is 3.61. The van der Waals surface area contributed by atoms with Gasteiger partial charge in [-0.05, 0) is 6.42 Å². The molecule has 0 amide bonds. The maximum atomic E-state index is 10.6. The van der Waals surface area contributed by atoms with E-state index in [1.807, 2.05) is 0 Å². The first-order chi connectivity index (χ1) is 6.74. The van der Waals surface area contributed by atoms with Crippen LogP contribution >= 0.6 is 0 Å². The number of carbonyl (C=O) groups is 1. The Morgan fingerprint density at radius 3 is 2.71 bits per heavy atom. The molecule has 1 unspecified atom stereocenters. The number of nitrogens with zero attached hydrogens (tertiary/aromatic N) is 1. The van der Waals surface area contributed by atoms with Crippen LogP contribution in [0.5, 0.6) is 0 Å². The molecule has 0 bridgehead atoms.